The van der Waals surface area contributed by atoms with Crippen LogP contribution in [0.25, 0.3) is 0 Å². The molecule has 1 aliphatic heterocycles. The molecule has 12 nitrogen and oxygen atoms in total. The van der Waals surface area contributed by atoms with Crippen LogP contribution in [0, 0.1) is 0 Å². The second-order valence-corrected chi connectivity index (χ2v) is 16.0. The van der Waals surface area contributed by atoms with Crippen LogP contribution in [0.1, 0.15) is 181 Å². The summed E-state index contributed by atoms with van der Waals surface area (Å²) in [5.41, 5.74) is 0. The molecule has 1 fully saturated rings. The Kier molecular flexibility index (Phi) is 30.1. The number of ether oxygens (including phenoxy) is 2. The minimum absolute atomic E-state index is 0.250. The highest BCUT2D eigenvalue weighted by molar-refractivity contribution is 7.80. The van der Waals surface area contributed by atoms with Gasteiger partial charge in [-0.3, -0.25) is 9.35 Å². The minimum Gasteiger partial charge on any atom is -0.394 e. The van der Waals surface area contributed by atoms with E-state index in [1.54, 1.807) is 6.08 Å². The lowest BCUT2D eigenvalue weighted by Crippen LogP contribution is -2.61. The van der Waals surface area contributed by atoms with Crippen LogP contribution in [0.5, 0.6) is 0 Å². The van der Waals surface area contributed by atoms with E-state index >= 15 is 0 Å². The Morgan fingerprint density at radius 2 is 1.19 bits per heavy atom. The molecule has 0 saturated carbocycles. The van der Waals surface area contributed by atoms with E-state index < -0.39 is 59.9 Å². The summed E-state index contributed by atoms with van der Waals surface area (Å²) in [5.74, 6) is -0.250. The Bertz CT molecular complexity index is 1010. The molecule has 1 saturated heterocycles. The maximum absolute atomic E-state index is 12.9. The van der Waals surface area contributed by atoms with Crippen molar-refractivity contribution in [1.82, 2.24) is 5.32 Å². The van der Waals surface area contributed by atoms with Crippen LogP contribution in [0.2, 0.25) is 0 Å². The SMILES string of the molecule is CCCCCCCCCCCCC/C=C/[C@@H](O)[C@H](COC1OC(CO)C(OS(=O)(=O)O)C(O)C1O)NC(=O)CCCCCCCCCCCCCCC. The Hall–Kier alpha value is -1.16. The molecule has 0 radical (unpaired) electrons. The summed E-state index contributed by atoms with van der Waals surface area (Å²) < 4.78 is 47.1. The number of aliphatic hydroxyl groups is 4. The molecule has 0 aromatic carbocycles. The first kappa shape index (κ1) is 49.9. The number of carbonyl (C=O) groups is 1. The Labute approximate surface area is 321 Å². The molecular weight excluding hydrogens is 703 g/mol. The fourth-order valence-electron chi connectivity index (χ4n) is 6.75. The van der Waals surface area contributed by atoms with E-state index in [1.165, 1.54) is 116 Å². The van der Waals surface area contributed by atoms with Crippen molar-refractivity contribution in [3.8, 4) is 0 Å². The predicted octanol–water partition coefficient (Wildman–Crippen LogP) is 7.21. The standard InChI is InChI=1S/C40H77NO11S/c1-3-5-7-9-11-13-15-17-19-21-23-25-27-29-34(43)33(32-50-40-38(46)37(45)39(35(31-42)51-40)52-53(47,48)49)41-36(44)30-28-26-24-22-20-18-16-14-12-10-8-6-4-2/h27,29,33-35,37-40,42-43,45-46H,3-26,28,30-32H2,1-2H3,(H,41,44)(H,47,48,49)/b29-27+/t33-,34+,35?,37?,38?,39?,40?/m0/s1. The quantitative estimate of drug-likeness (QED) is 0.0216. The molecule has 13 heteroatoms. The second-order valence-electron chi connectivity index (χ2n) is 14.9. The van der Waals surface area contributed by atoms with Crippen LogP contribution < -0.4 is 5.32 Å². The lowest BCUT2D eigenvalue weighted by Gasteiger charge is -2.41. The first-order chi connectivity index (χ1) is 25.5. The van der Waals surface area contributed by atoms with Crippen LogP contribution in [0.3, 0.4) is 0 Å². The van der Waals surface area contributed by atoms with Gasteiger partial charge in [-0.25, -0.2) is 4.18 Å². The van der Waals surface area contributed by atoms with Crippen molar-refractivity contribution >= 4 is 16.3 Å². The Morgan fingerprint density at radius 1 is 0.736 bits per heavy atom. The van der Waals surface area contributed by atoms with Gasteiger partial charge in [-0.1, -0.05) is 167 Å². The lowest BCUT2D eigenvalue weighted by atomic mass is 9.99. The Balaban J connectivity index is 2.57. The van der Waals surface area contributed by atoms with Gasteiger partial charge in [0.25, 0.3) is 0 Å². The smallest absolute Gasteiger partial charge is 0.394 e. The topological polar surface area (TPSA) is 192 Å². The number of amides is 1. The zero-order valence-electron chi connectivity index (χ0n) is 33.1. The number of allylic oxidation sites excluding steroid dienone is 1. The van der Waals surface area contributed by atoms with E-state index in [1.807, 2.05) is 6.08 Å². The van der Waals surface area contributed by atoms with Gasteiger partial charge < -0.3 is 35.2 Å². The average Bonchev–Trinajstić information content (AvgIpc) is 3.12. The van der Waals surface area contributed by atoms with E-state index in [0.717, 1.165) is 38.5 Å². The van der Waals surface area contributed by atoms with Gasteiger partial charge in [-0.15, -0.1) is 0 Å². The van der Waals surface area contributed by atoms with E-state index in [0.29, 0.717) is 6.42 Å². The van der Waals surface area contributed by atoms with Gasteiger partial charge >= 0.3 is 10.4 Å². The summed E-state index contributed by atoms with van der Waals surface area (Å²) in [4.78, 5) is 12.9. The molecule has 0 aliphatic carbocycles. The van der Waals surface area contributed by atoms with Gasteiger partial charge in [0.15, 0.2) is 6.29 Å². The van der Waals surface area contributed by atoms with E-state index in [-0.39, 0.29) is 18.9 Å². The summed E-state index contributed by atoms with van der Waals surface area (Å²) in [6, 6.07) is -0.912. The van der Waals surface area contributed by atoms with Crippen molar-refractivity contribution in [3.63, 3.8) is 0 Å². The summed E-state index contributed by atoms with van der Waals surface area (Å²) in [5, 5.41) is 44.6. The van der Waals surface area contributed by atoms with Crippen LogP contribution in [-0.2, 0) is 28.9 Å². The highest BCUT2D eigenvalue weighted by atomic mass is 32.3. The molecule has 0 aromatic heterocycles. The van der Waals surface area contributed by atoms with Crippen molar-refractivity contribution in [1.29, 1.82) is 0 Å². The normalized spacial score (nSPS) is 22.0. The van der Waals surface area contributed by atoms with Gasteiger partial charge in [-0.05, 0) is 19.3 Å². The molecule has 6 N–H and O–H groups in total. The molecule has 0 aromatic rings. The third-order valence-electron chi connectivity index (χ3n) is 10.1. The zero-order chi connectivity index (χ0) is 39.2. The van der Waals surface area contributed by atoms with Gasteiger partial charge in [-0.2, -0.15) is 8.42 Å². The van der Waals surface area contributed by atoms with E-state index in [9.17, 15) is 33.6 Å². The molecule has 7 atom stereocenters. The number of nitrogens with one attached hydrogen (secondary N) is 1. The molecule has 53 heavy (non-hydrogen) atoms. The van der Waals surface area contributed by atoms with Gasteiger partial charge in [0.1, 0.15) is 24.4 Å². The molecule has 1 aliphatic rings. The largest absolute Gasteiger partial charge is 0.397 e. The highest BCUT2D eigenvalue weighted by Gasteiger charge is 2.47. The van der Waals surface area contributed by atoms with Crippen LogP contribution in [0.15, 0.2) is 12.2 Å². The van der Waals surface area contributed by atoms with Gasteiger partial charge in [0.05, 0.1) is 25.4 Å². The first-order valence-electron chi connectivity index (χ1n) is 21.1. The van der Waals surface area contributed by atoms with Crippen LogP contribution >= 0.6 is 0 Å². The van der Waals surface area contributed by atoms with Crippen molar-refractivity contribution in [2.24, 2.45) is 0 Å². The molecule has 5 unspecified atom stereocenters. The lowest BCUT2D eigenvalue weighted by molar-refractivity contribution is -0.298. The number of rotatable bonds is 35. The summed E-state index contributed by atoms with van der Waals surface area (Å²) >= 11 is 0. The zero-order valence-corrected chi connectivity index (χ0v) is 33.9. The van der Waals surface area contributed by atoms with Crippen molar-refractivity contribution < 1.29 is 51.8 Å². The maximum Gasteiger partial charge on any atom is 0.397 e. The molecule has 314 valence electrons. The molecule has 1 heterocycles. The first-order valence-corrected chi connectivity index (χ1v) is 22.4. The number of carbonyl (C=O) groups excluding carboxylic acids is 1. The summed E-state index contributed by atoms with van der Waals surface area (Å²) in [6.45, 7) is 3.34. The molecule has 0 bridgehead atoms. The second kappa shape index (κ2) is 32.0. The fourth-order valence-corrected chi connectivity index (χ4v) is 7.27. The molecular formula is C40H77NO11S. The van der Waals surface area contributed by atoms with E-state index in [2.05, 4.69) is 23.3 Å². The monoisotopic (exact) mass is 780 g/mol. The minimum atomic E-state index is -5.03. The average molecular weight is 780 g/mol. The maximum atomic E-state index is 12.9. The van der Waals surface area contributed by atoms with Crippen LogP contribution in [-0.4, -0.2) is 95.4 Å². The third kappa shape index (κ3) is 25.6. The van der Waals surface area contributed by atoms with E-state index in [4.69, 9.17) is 14.0 Å². The fraction of sp³-hybridized carbons (Fsp3) is 0.925. The van der Waals surface area contributed by atoms with Crippen molar-refractivity contribution in [3.05, 3.63) is 12.2 Å². The highest BCUT2D eigenvalue weighted by Crippen LogP contribution is 2.26. The van der Waals surface area contributed by atoms with Gasteiger partial charge in [0, 0.05) is 6.42 Å². The van der Waals surface area contributed by atoms with Crippen molar-refractivity contribution in [2.75, 3.05) is 13.2 Å². The predicted molar refractivity (Wildman–Crippen MR) is 209 cm³/mol. The summed E-state index contributed by atoms with van der Waals surface area (Å²) in [6.07, 6.45) is 24.1. The number of hydrogen-bond donors (Lipinski definition) is 6. The van der Waals surface area contributed by atoms with Crippen molar-refractivity contribution in [2.45, 2.75) is 224 Å². The number of unbranched alkanes of at least 4 members (excludes halogenated alkanes) is 23. The Morgan fingerprint density at radius 3 is 1.64 bits per heavy atom. The van der Waals surface area contributed by atoms with Crippen LogP contribution in [0.4, 0.5) is 0 Å². The molecule has 0 spiro atoms. The van der Waals surface area contributed by atoms with Gasteiger partial charge in [0.2, 0.25) is 5.91 Å². The number of aliphatic hydroxyl groups excluding tert-OH is 4. The molecule has 1 rings (SSSR count). The summed E-state index contributed by atoms with van der Waals surface area (Å²) in [7, 11) is -5.03. The third-order valence-corrected chi connectivity index (χ3v) is 10.5. The number of hydrogen-bond acceptors (Lipinski definition) is 10. The molecule has 1 amide bonds.